The number of hydrogen-bond donors (Lipinski definition) is 3. The zero-order valence-electron chi connectivity index (χ0n) is 13.5. The largest absolute Gasteiger partial charge is 0.494 e. The second-order valence-corrected chi connectivity index (χ2v) is 5.28. The Morgan fingerprint density at radius 2 is 1.91 bits per heavy atom. The molecule has 1 heterocycles. The predicted octanol–water partition coefficient (Wildman–Crippen LogP) is 1.33. The van der Waals surface area contributed by atoms with Crippen LogP contribution >= 0.6 is 0 Å². The fraction of sp³-hybridized carbons (Fsp3) is 0.471. The quantitative estimate of drug-likeness (QED) is 0.574. The minimum Gasteiger partial charge on any atom is -0.494 e. The van der Waals surface area contributed by atoms with Crippen molar-refractivity contribution >= 4 is 16.6 Å². The van der Waals surface area contributed by atoms with Gasteiger partial charge in [0.05, 0.1) is 20.3 Å². The van der Waals surface area contributed by atoms with Gasteiger partial charge in [0.15, 0.2) is 0 Å². The van der Waals surface area contributed by atoms with Crippen molar-refractivity contribution in [1.82, 2.24) is 9.88 Å². The van der Waals surface area contributed by atoms with Crippen molar-refractivity contribution < 1.29 is 14.9 Å². The van der Waals surface area contributed by atoms with Crippen molar-refractivity contribution in [3.05, 3.63) is 30.5 Å². The Morgan fingerprint density at radius 1 is 1.13 bits per heavy atom. The molecule has 1 aromatic heterocycles. The van der Waals surface area contributed by atoms with Gasteiger partial charge in [-0.05, 0) is 25.1 Å². The molecule has 6 heteroatoms. The van der Waals surface area contributed by atoms with Crippen LogP contribution in [0, 0.1) is 0 Å². The molecule has 6 nitrogen and oxygen atoms in total. The fourth-order valence-electron chi connectivity index (χ4n) is 2.61. The van der Waals surface area contributed by atoms with Crippen molar-refractivity contribution in [2.75, 3.05) is 51.8 Å². The molecule has 2 aromatic rings. The number of nitrogens with zero attached hydrogens (tertiary/aromatic N) is 2. The predicted molar refractivity (Wildman–Crippen MR) is 92.0 cm³/mol. The van der Waals surface area contributed by atoms with Crippen LogP contribution in [0.2, 0.25) is 0 Å². The number of fused-ring (bicyclic) bond motifs is 1. The highest BCUT2D eigenvalue weighted by atomic mass is 16.5. The van der Waals surface area contributed by atoms with Gasteiger partial charge in [0.25, 0.3) is 0 Å². The molecule has 0 amide bonds. The van der Waals surface area contributed by atoms with Gasteiger partial charge in [-0.25, -0.2) is 0 Å². The molecule has 23 heavy (non-hydrogen) atoms. The van der Waals surface area contributed by atoms with Crippen molar-refractivity contribution in [3.63, 3.8) is 0 Å². The van der Waals surface area contributed by atoms with Crippen LogP contribution in [0.4, 0.5) is 5.69 Å². The molecule has 1 aromatic carbocycles. The van der Waals surface area contributed by atoms with Gasteiger partial charge in [0.1, 0.15) is 11.3 Å². The lowest BCUT2D eigenvalue weighted by Crippen LogP contribution is -2.31. The zero-order chi connectivity index (χ0) is 16.5. The number of nitrogens with one attached hydrogen (secondary N) is 1. The van der Waals surface area contributed by atoms with Crippen LogP contribution in [0.5, 0.6) is 5.75 Å². The first-order chi connectivity index (χ1) is 11.3. The van der Waals surface area contributed by atoms with Gasteiger partial charge in [-0.15, -0.1) is 0 Å². The van der Waals surface area contributed by atoms with Gasteiger partial charge in [-0.1, -0.05) is 12.1 Å². The van der Waals surface area contributed by atoms with E-state index in [2.05, 4.69) is 15.2 Å². The third-order valence-electron chi connectivity index (χ3n) is 3.75. The van der Waals surface area contributed by atoms with Crippen LogP contribution in [-0.2, 0) is 0 Å². The highest BCUT2D eigenvalue weighted by molar-refractivity contribution is 5.94. The second-order valence-electron chi connectivity index (χ2n) is 5.28. The summed E-state index contributed by atoms with van der Waals surface area (Å²) in [5, 5.41) is 22.5. The van der Waals surface area contributed by atoms with Crippen molar-refractivity contribution in [3.8, 4) is 5.75 Å². The Morgan fingerprint density at radius 3 is 2.61 bits per heavy atom. The van der Waals surface area contributed by atoms with E-state index in [1.165, 1.54) is 0 Å². The highest BCUT2D eigenvalue weighted by Gasteiger charge is 2.07. The SMILES string of the molecule is COc1cccc2c(NCCCN(CCO)CCO)ccnc12. The number of aromatic nitrogens is 1. The molecular formula is C17H25N3O3. The number of benzene rings is 1. The maximum Gasteiger partial charge on any atom is 0.145 e. The summed E-state index contributed by atoms with van der Waals surface area (Å²) >= 11 is 0. The van der Waals surface area contributed by atoms with E-state index >= 15 is 0 Å². The van der Waals surface area contributed by atoms with E-state index < -0.39 is 0 Å². The number of ether oxygens (including phenoxy) is 1. The third kappa shape index (κ3) is 4.79. The molecule has 0 radical (unpaired) electrons. The zero-order valence-corrected chi connectivity index (χ0v) is 13.5. The Hall–Kier alpha value is -1.89. The maximum absolute atomic E-state index is 9.01. The summed E-state index contributed by atoms with van der Waals surface area (Å²) in [7, 11) is 1.65. The van der Waals surface area contributed by atoms with E-state index in [0.29, 0.717) is 13.1 Å². The number of para-hydroxylation sites is 1. The first-order valence-electron chi connectivity index (χ1n) is 7.89. The fourth-order valence-corrected chi connectivity index (χ4v) is 2.61. The number of hydrogen-bond acceptors (Lipinski definition) is 6. The van der Waals surface area contributed by atoms with Crippen LogP contribution in [-0.4, -0.2) is 66.6 Å². The summed E-state index contributed by atoms with van der Waals surface area (Å²) in [4.78, 5) is 6.44. The number of aliphatic hydroxyl groups excluding tert-OH is 2. The summed E-state index contributed by atoms with van der Waals surface area (Å²) in [6.45, 7) is 3.06. The molecule has 0 aliphatic carbocycles. The van der Waals surface area contributed by atoms with Gasteiger partial charge >= 0.3 is 0 Å². The van der Waals surface area contributed by atoms with Gasteiger partial charge in [-0.3, -0.25) is 9.88 Å². The monoisotopic (exact) mass is 319 g/mol. The number of rotatable bonds is 10. The molecule has 0 aliphatic heterocycles. The lowest BCUT2D eigenvalue weighted by Gasteiger charge is -2.20. The average Bonchev–Trinajstić information content (AvgIpc) is 2.58. The van der Waals surface area contributed by atoms with E-state index in [9.17, 15) is 0 Å². The highest BCUT2D eigenvalue weighted by Crippen LogP contribution is 2.28. The summed E-state index contributed by atoms with van der Waals surface area (Å²) in [5.74, 6) is 0.767. The maximum atomic E-state index is 9.01. The number of methoxy groups -OCH3 is 1. The van der Waals surface area contributed by atoms with Crippen molar-refractivity contribution in [2.45, 2.75) is 6.42 Å². The van der Waals surface area contributed by atoms with Crippen LogP contribution in [0.1, 0.15) is 6.42 Å². The summed E-state index contributed by atoms with van der Waals surface area (Å²) < 4.78 is 5.35. The Kier molecular flexibility index (Phi) is 7.06. The van der Waals surface area contributed by atoms with Gasteiger partial charge in [0, 0.05) is 36.9 Å². The molecule has 0 atom stereocenters. The van der Waals surface area contributed by atoms with Crippen LogP contribution in [0.25, 0.3) is 10.9 Å². The van der Waals surface area contributed by atoms with E-state index in [0.717, 1.165) is 41.9 Å². The Balaban J connectivity index is 1.95. The molecule has 0 fully saturated rings. The average molecular weight is 319 g/mol. The van der Waals surface area contributed by atoms with Crippen LogP contribution in [0.15, 0.2) is 30.5 Å². The third-order valence-corrected chi connectivity index (χ3v) is 3.75. The first-order valence-corrected chi connectivity index (χ1v) is 7.89. The molecule has 0 saturated carbocycles. The minimum absolute atomic E-state index is 0.113. The molecule has 0 saturated heterocycles. The molecular weight excluding hydrogens is 294 g/mol. The van der Waals surface area contributed by atoms with Crippen LogP contribution < -0.4 is 10.1 Å². The topological polar surface area (TPSA) is 77.9 Å². The second kappa shape index (κ2) is 9.29. The minimum atomic E-state index is 0.113. The normalized spacial score (nSPS) is 11.1. The lowest BCUT2D eigenvalue weighted by atomic mass is 10.1. The van der Waals surface area contributed by atoms with E-state index in [1.54, 1.807) is 13.3 Å². The Labute approximate surface area is 136 Å². The molecule has 0 unspecified atom stereocenters. The van der Waals surface area contributed by atoms with Gasteiger partial charge < -0.3 is 20.3 Å². The van der Waals surface area contributed by atoms with Gasteiger partial charge in [0.2, 0.25) is 0 Å². The summed E-state index contributed by atoms with van der Waals surface area (Å²) in [6.07, 6.45) is 2.70. The standard InChI is InChI=1S/C17H25N3O3/c1-23-16-5-2-4-14-15(6-8-19-17(14)16)18-7-3-9-20(10-12-21)11-13-22/h2,4-6,8,21-22H,3,7,9-13H2,1H3,(H,18,19). The molecule has 3 N–H and O–H groups in total. The van der Waals surface area contributed by atoms with E-state index in [1.807, 2.05) is 24.3 Å². The van der Waals surface area contributed by atoms with E-state index in [-0.39, 0.29) is 13.2 Å². The number of anilines is 1. The molecule has 0 bridgehead atoms. The smallest absolute Gasteiger partial charge is 0.145 e. The lowest BCUT2D eigenvalue weighted by molar-refractivity contribution is 0.161. The number of pyridine rings is 1. The molecule has 0 aliphatic rings. The Bertz CT molecular complexity index is 601. The first kappa shape index (κ1) is 17.5. The summed E-state index contributed by atoms with van der Waals surface area (Å²) in [5.41, 5.74) is 1.88. The molecule has 2 rings (SSSR count). The number of aliphatic hydroxyl groups is 2. The van der Waals surface area contributed by atoms with Gasteiger partial charge in [-0.2, -0.15) is 0 Å². The summed E-state index contributed by atoms with van der Waals surface area (Å²) in [6, 6.07) is 7.84. The van der Waals surface area contributed by atoms with Crippen LogP contribution in [0.3, 0.4) is 0 Å². The van der Waals surface area contributed by atoms with Crippen molar-refractivity contribution in [1.29, 1.82) is 0 Å². The molecule has 0 spiro atoms. The molecule has 126 valence electrons. The van der Waals surface area contributed by atoms with Crippen molar-refractivity contribution in [2.24, 2.45) is 0 Å². The van der Waals surface area contributed by atoms with E-state index in [4.69, 9.17) is 14.9 Å².